The van der Waals surface area contributed by atoms with E-state index in [1.165, 1.54) is 12.1 Å². The van der Waals surface area contributed by atoms with E-state index in [2.05, 4.69) is 16.0 Å². The van der Waals surface area contributed by atoms with Crippen molar-refractivity contribution in [2.75, 3.05) is 16.0 Å². The van der Waals surface area contributed by atoms with Gasteiger partial charge in [0.1, 0.15) is 5.60 Å². The van der Waals surface area contributed by atoms with Crippen molar-refractivity contribution in [1.82, 2.24) is 0 Å². The summed E-state index contributed by atoms with van der Waals surface area (Å²) in [6, 6.07) is 18.0. The van der Waals surface area contributed by atoms with Crippen LogP contribution in [0.1, 0.15) is 69.8 Å². The quantitative estimate of drug-likeness (QED) is 0.221. The first-order valence-corrected chi connectivity index (χ1v) is 18.2. The molecule has 11 heteroatoms. The van der Waals surface area contributed by atoms with E-state index in [4.69, 9.17) is 9.16 Å². The van der Waals surface area contributed by atoms with Gasteiger partial charge in [0.25, 0.3) is 0 Å². The Bertz CT molecular complexity index is 1560. The Balaban J connectivity index is 1.57. The number of hydrogen-bond donors (Lipinski definition) is 3. The van der Waals surface area contributed by atoms with E-state index in [1.54, 1.807) is 45.0 Å². The third-order valence-corrected chi connectivity index (χ3v) is 13.0. The Morgan fingerprint density at radius 2 is 1.52 bits per heavy atom. The molecule has 0 radical (unpaired) electrons. The van der Waals surface area contributed by atoms with E-state index in [0.717, 1.165) is 22.9 Å². The summed E-state index contributed by atoms with van der Waals surface area (Å²) in [7, 11) is -2.29. The lowest BCUT2D eigenvalue weighted by molar-refractivity contribution is -0.138. The number of halogens is 3. The zero-order chi connectivity index (χ0) is 34.1. The maximum Gasteiger partial charge on any atom is 0.416 e. The van der Waals surface area contributed by atoms with E-state index in [-0.39, 0.29) is 22.9 Å². The predicted molar refractivity (Wildman–Crippen MR) is 178 cm³/mol. The first-order chi connectivity index (χ1) is 21.2. The Labute approximate surface area is 270 Å². The van der Waals surface area contributed by atoms with Gasteiger partial charge < -0.3 is 19.8 Å². The van der Waals surface area contributed by atoms with Crippen molar-refractivity contribution in [1.29, 1.82) is 0 Å². The van der Waals surface area contributed by atoms with Crippen molar-refractivity contribution in [2.24, 2.45) is 5.92 Å². The molecular formula is C35H44F3N3O4Si. The van der Waals surface area contributed by atoms with Gasteiger partial charge in [0, 0.05) is 17.1 Å². The van der Waals surface area contributed by atoms with E-state index in [0.29, 0.717) is 12.1 Å². The lowest BCUT2D eigenvalue weighted by Gasteiger charge is -2.36. The summed E-state index contributed by atoms with van der Waals surface area (Å²) in [5, 5.41) is 8.74. The Kier molecular flexibility index (Phi) is 9.99. The monoisotopic (exact) mass is 655 g/mol. The van der Waals surface area contributed by atoms with Crippen LogP contribution in [-0.2, 0) is 33.2 Å². The van der Waals surface area contributed by atoms with E-state index >= 15 is 0 Å². The Morgan fingerprint density at radius 3 is 2.13 bits per heavy atom. The summed E-state index contributed by atoms with van der Waals surface area (Å²) < 4.78 is 54.1. The highest BCUT2D eigenvalue weighted by atomic mass is 28.4. The molecule has 0 spiro atoms. The molecule has 0 aliphatic carbocycles. The fourth-order valence-electron chi connectivity index (χ4n) is 4.97. The molecule has 1 aliphatic heterocycles. The van der Waals surface area contributed by atoms with Crippen LogP contribution in [0.3, 0.4) is 0 Å². The second-order valence-corrected chi connectivity index (χ2v) is 19.1. The van der Waals surface area contributed by atoms with Crippen molar-refractivity contribution in [3.8, 4) is 0 Å². The molecule has 7 nitrogen and oxygen atoms in total. The van der Waals surface area contributed by atoms with Crippen LogP contribution in [0, 0.1) is 5.92 Å². The fraction of sp³-hybridized carbons (Fsp3) is 0.429. The van der Waals surface area contributed by atoms with E-state index in [9.17, 15) is 22.8 Å². The number of rotatable bonds is 7. The van der Waals surface area contributed by atoms with E-state index < -0.39 is 49.6 Å². The van der Waals surface area contributed by atoms with Crippen LogP contribution >= 0.6 is 0 Å². The molecule has 3 aromatic rings. The molecule has 1 aliphatic rings. The van der Waals surface area contributed by atoms with Crippen LogP contribution < -0.4 is 16.0 Å². The second kappa shape index (κ2) is 13.1. The van der Waals surface area contributed by atoms with E-state index in [1.807, 2.05) is 58.1 Å². The van der Waals surface area contributed by atoms with Gasteiger partial charge in [-0.25, -0.2) is 4.79 Å². The topological polar surface area (TPSA) is 88.7 Å². The second-order valence-electron chi connectivity index (χ2n) is 14.2. The van der Waals surface area contributed by atoms with Gasteiger partial charge in [-0.3, -0.25) is 10.1 Å². The molecule has 0 aromatic heterocycles. The fourth-order valence-corrected chi connectivity index (χ4v) is 5.92. The van der Waals surface area contributed by atoms with Gasteiger partial charge in [-0.1, -0.05) is 57.2 Å². The van der Waals surface area contributed by atoms with Crippen molar-refractivity contribution in [3.05, 3.63) is 89.0 Å². The van der Waals surface area contributed by atoms with Gasteiger partial charge in [0.15, 0.2) is 8.32 Å². The molecule has 1 heterocycles. The molecule has 2 atom stereocenters. The van der Waals surface area contributed by atoms with Crippen LogP contribution in [0.4, 0.5) is 35.0 Å². The lowest BCUT2D eigenvalue weighted by atomic mass is 9.83. The minimum absolute atomic E-state index is 0.0292. The number of alkyl halides is 3. The van der Waals surface area contributed by atoms with Crippen LogP contribution in [0.5, 0.6) is 0 Å². The van der Waals surface area contributed by atoms with Crippen LogP contribution in [0.15, 0.2) is 66.7 Å². The number of amides is 2. The summed E-state index contributed by atoms with van der Waals surface area (Å²) in [4.78, 5) is 26.0. The number of hydrogen-bond acceptors (Lipinski definition) is 5. The van der Waals surface area contributed by atoms with Crippen molar-refractivity contribution >= 4 is 37.4 Å². The molecule has 3 aromatic carbocycles. The predicted octanol–water partition coefficient (Wildman–Crippen LogP) is 9.54. The SMILES string of the molecule is CC(C)(C)OC(=O)Nc1ccc(C2Nc3ccccc3C[C@@H]2C(=O)Nc2ccc(CO[Si](C)(C)C(C)(C)C)c(C(F)(F)F)c2)cc1. The third kappa shape index (κ3) is 8.70. The number of ether oxygens (including phenoxy) is 1. The molecule has 0 saturated carbocycles. The van der Waals surface area contributed by atoms with Crippen LogP contribution in [0.2, 0.25) is 18.1 Å². The Morgan fingerprint density at radius 1 is 0.891 bits per heavy atom. The molecule has 0 bridgehead atoms. The molecule has 0 saturated heterocycles. The van der Waals surface area contributed by atoms with Crippen molar-refractivity contribution in [2.45, 2.75) is 90.5 Å². The number of carbonyl (C=O) groups is 2. The molecule has 3 N–H and O–H groups in total. The number of benzene rings is 3. The first-order valence-electron chi connectivity index (χ1n) is 15.3. The zero-order valence-corrected chi connectivity index (χ0v) is 28.7. The maximum atomic E-state index is 14.2. The molecule has 4 rings (SSSR count). The van der Waals surface area contributed by atoms with Crippen LogP contribution in [-0.4, -0.2) is 25.9 Å². The van der Waals surface area contributed by atoms with Gasteiger partial charge in [-0.05, 0) is 92.3 Å². The van der Waals surface area contributed by atoms with Gasteiger partial charge in [0.05, 0.1) is 24.1 Å². The first kappa shape index (κ1) is 35.0. The third-order valence-electron chi connectivity index (χ3n) is 8.50. The normalized spacial score (nSPS) is 17.0. The molecule has 46 heavy (non-hydrogen) atoms. The highest BCUT2D eigenvalue weighted by molar-refractivity contribution is 6.74. The average molecular weight is 656 g/mol. The summed E-state index contributed by atoms with van der Waals surface area (Å²) >= 11 is 0. The smallest absolute Gasteiger partial charge is 0.416 e. The molecular weight excluding hydrogens is 611 g/mol. The summed E-state index contributed by atoms with van der Waals surface area (Å²) in [5.41, 5.74) is 1.70. The number of anilines is 3. The van der Waals surface area contributed by atoms with Crippen LogP contribution in [0.25, 0.3) is 0 Å². The van der Waals surface area contributed by atoms with Gasteiger partial charge in [0.2, 0.25) is 5.91 Å². The average Bonchev–Trinajstić information content (AvgIpc) is 2.94. The summed E-state index contributed by atoms with van der Waals surface area (Å²) in [6.07, 6.45) is -4.84. The number of fused-ring (bicyclic) bond motifs is 1. The molecule has 0 fully saturated rings. The summed E-state index contributed by atoms with van der Waals surface area (Å²) in [5.74, 6) is -1.06. The molecule has 2 amide bonds. The number of para-hydroxylation sites is 1. The minimum atomic E-state index is -4.63. The maximum absolute atomic E-state index is 14.2. The summed E-state index contributed by atoms with van der Waals surface area (Å²) in [6.45, 7) is 15.2. The van der Waals surface area contributed by atoms with Crippen molar-refractivity contribution < 1.29 is 31.9 Å². The highest BCUT2D eigenvalue weighted by Gasteiger charge is 2.39. The molecule has 248 valence electrons. The number of carbonyl (C=O) groups excluding carboxylic acids is 2. The minimum Gasteiger partial charge on any atom is -0.444 e. The van der Waals surface area contributed by atoms with Crippen molar-refractivity contribution in [3.63, 3.8) is 0 Å². The number of nitrogens with one attached hydrogen (secondary N) is 3. The molecule has 1 unspecified atom stereocenters. The zero-order valence-electron chi connectivity index (χ0n) is 27.7. The lowest BCUT2D eigenvalue weighted by Crippen LogP contribution is -2.40. The van der Waals surface area contributed by atoms with Gasteiger partial charge >= 0.3 is 12.3 Å². The highest BCUT2D eigenvalue weighted by Crippen LogP contribution is 2.40. The Hall–Kier alpha value is -3.83. The largest absolute Gasteiger partial charge is 0.444 e. The standard InChI is InChI=1S/C35H44F3N3O4Si/c1-33(2,3)45-32(43)40-25-16-13-22(14-17-25)30-27(19-23-11-9-10-12-29(23)41-30)31(42)39-26-18-15-24(28(20-26)35(36,37)38)21-44-46(7,8)34(4,5)6/h9-18,20,27,30,41H,19,21H2,1-8H3,(H,39,42)(H,40,43)/t27-,30?/m0/s1. The van der Waals surface area contributed by atoms with Gasteiger partial charge in [-0.2, -0.15) is 13.2 Å². The van der Waals surface area contributed by atoms with Gasteiger partial charge in [-0.15, -0.1) is 0 Å².